The third-order valence-corrected chi connectivity index (χ3v) is 3.85. The summed E-state index contributed by atoms with van der Waals surface area (Å²) >= 11 is 0. The molecule has 1 aliphatic carbocycles. The fraction of sp³-hybridized carbons (Fsp3) is 0.438. The highest BCUT2D eigenvalue weighted by molar-refractivity contribution is 5.87. The molecule has 3 nitrogen and oxygen atoms in total. The van der Waals surface area contributed by atoms with Gasteiger partial charge >= 0.3 is 0 Å². The topological polar surface area (TPSA) is 42.4 Å². The Kier molecular flexibility index (Phi) is 3.65. The van der Waals surface area contributed by atoms with Gasteiger partial charge < -0.3 is 9.84 Å². The molecule has 3 heteroatoms. The van der Waals surface area contributed by atoms with Crippen LogP contribution in [0.4, 0.5) is 0 Å². The van der Waals surface area contributed by atoms with Gasteiger partial charge in [0, 0.05) is 5.39 Å². The molecule has 0 amide bonds. The van der Waals surface area contributed by atoms with Crippen LogP contribution in [-0.4, -0.2) is 16.7 Å². The number of rotatable bonds is 4. The van der Waals surface area contributed by atoms with Crippen molar-refractivity contribution in [3.63, 3.8) is 0 Å². The Labute approximate surface area is 113 Å². The van der Waals surface area contributed by atoms with Gasteiger partial charge in [0.05, 0.1) is 18.9 Å². The van der Waals surface area contributed by atoms with E-state index in [1.807, 2.05) is 30.3 Å². The fourth-order valence-electron chi connectivity index (χ4n) is 2.78. The Balaban J connectivity index is 1.87. The zero-order chi connectivity index (χ0) is 13.1. The van der Waals surface area contributed by atoms with Gasteiger partial charge in [-0.15, -0.1) is 0 Å². The molecule has 100 valence electrons. The lowest BCUT2D eigenvalue weighted by atomic mass is 10.1. The lowest BCUT2D eigenvalue weighted by Gasteiger charge is -2.13. The lowest BCUT2D eigenvalue weighted by Crippen LogP contribution is -2.09. The van der Waals surface area contributed by atoms with Gasteiger partial charge in [-0.3, -0.25) is 0 Å². The van der Waals surface area contributed by atoms with Crippen LogP contribution in [0.5, 0.6) is 5.88 Å². The summed E-state index contributed by atoms with van der Waals surface area (Å²) in [5.74, 6) is 1.33. The molecule has 1 aromatic carbocycles. The zero-order valence-electron chi connectivity index (χ0n) is 11.0. The molecule has 1 heterocycles. The highest BCUT2D eigenvalue weighted by Gasteiger charge is 2.16. The molecule has 0 spiro atoms. The molecule has 0 atom stereocenters. The van der Waals surface area contributed by atoms with Crippen molar-refractivity contribution in [3.8, 4) is 5.88 Å². The van der Waals surface area contributed by atoms with E-state index in [4.69, 9.17) is 4.74 Å². The van der Waals surface area contributed by atoms with Crippen molar-refractivity contribution in [1.29, 1.82) is 0 Å². The SMILES string of the molecule is OCc1cc2ccccc2c(OCC2CCCC2)n1. The Bertz CT molecular complexity index is 562. The Morgan fingerprint density at radius 2 is 2.00 bits per heavy atom. The van der Waals surface area contributed by atoms with E-state index in [2.05, 4.69) is 4.98 Å². The van der Waals surface area contributed by atoms with Crippen LogP contribution in [0.2, 0.25) is 0 Å². The van der Waals surface area contributed by atoms with E-state index >= 15 is 0 Å². The summed E-state index contributed by atoms with van der Waals surface area (Å²) in [6, 6.07) is 9.94. The minimum Gasteiger partial charge on any atom is -0.477 e. The molecule has 3 rings (SSSR count). The van der Waals surface area contributed by atoms with Crippen LogP contribution in [0.25, 0.3) is 10.8 Å². The van der Waals surface area contributed by atoms with Crippen molar-refractivity contribution < 1.29 is 9.84 Å². The van der Waals surface area contributed by atoms with Crippen molar-refractivity contribution in [2.45, 2.75) is 32.3 Å². The van der Waals surface area contributed by atoms with Gasteiger partial charge in [0.15, 0.2) is 0 Å². The first kappa shape index (κ1) is 12.4. The average molecular weight is 257 g/mol. The molecule has 0 radical (unpaired) electrons. The smallest absolute Gasteiger partial charge is 0.221 e. The van der Waals surface area contributed by atoms with Crippen molar-refractivity contribution in [1.82, 2.24) is 4.98 Å². The largest absolute Gasteiger partial charge is 0.477 e. The number of aliphatic hydroxyl groups is 1. The minimum atomic E-state index is -0.0510. The van der Waals surface area contributed by atoms with Crippen LogP contribution in [0.1, 0.15) is 31.4 Å². The maximum atomic E-state index is 9.28. The summed E-state index contributed by atoms with van der Waals surface area (Å²) in [6.45, 7) is 0.691. The Hall–Kier alpha value is -1.61. The number of aromatic nitrogens is 1. The van der Waals surface area contributed by atoms with Crippen LogP contribution in [-0.2, 0) is 6.61 Å². The van der Waals surface area contributed by atoms with Crippen LogP contribution < -0.4 is 4.74 Å². The molecule has 1 aliphatic rings. The first-order valence-electron chi connectivity index (χ1n) is 6.99. The number of fused-ring (bicyclic) bond motifs is 1. The monoisotopic (exact) mass is 257 g/mol. The molecule has 19 heavy (non-hydrogen) atoms. The van der Waals surface area contributed by atoms with E-state index in [0.717, 1.165) is 17.4 Å². The zero-order valence-corrected chi connectivity index (χ0v) is 11.0. The fourth-order valence-corrected chi connectivity index (χ4v) is 2.78. The molecule has 0 unspecified atom stereocenters. The average Bonchev–Trinajstić information content (AvgIpc) is 2.97. The van der Waals surface area contributed by atoms with Gasteiger partial charge in [0.1, 0.15) is 0 Å². The van der Waals surface area contributed by atoms with Gasteiger partial charge in [-0.1, -0.05) is 31.0 Å². The number of aliphatic hydroxyl groups excluding tert-OH is 1. The summed E-state index contributed by atoms with van der Waals surface area (Å²) in [5.41, 5.74) is 0.667. The summed E-state index contributed by atoms with van der Waals surface area (Å²) in [5, 5.41) is 11.4. The van der Waals surface area contributed by atoms with Gasteiger partial charge in [-0.2, -0.15) is 0 Å². The lowest BCUT2D eigenvalue weighted by molar-refractivity contribution is 0.240. The molecule has 1 N–H and O–H groups in total. The second-order valence-corrected chi connectivity index (χ2v) is 5.26. The van der Waals surface area contributed by atoms with Gasteiger partial charge in [0.2, 0.25) is 5.88 Å². The maximum Gasteiger partial charge on any atom is 0.221 e. The number of nitrogens with zero attached hydrogens (tertiary/aromatic N) is 1. The first-order valence-corrected chi connectivity index (χ1v) is 6.99. The number of ether oxygens (including phenoxy) is 1. The predicted molar refractivity (Wildman–Crippen MR) is 75.1 cm³/mol. The van der Waals surface area contributed by atoms with E-state index in [-0.39, 0.29) is 6.61 Å². The summed E-state index contributed by atoms with van der Waals surface area (Å²) < 4.78 is 5.92. The van der Waals surface area contributed by atoms with E-state index in [0.29, 0.717) is 17.5 Å². The molecule has 0 aliphatic heterocycles. The van der Waals surface area contributed by atoms with Gasteiger partial charge in [-0.25, -0.2) is 4.98 Å². The van der Waals surface area contributed by atoms with Crippen LogP contribution in [0.15, 0.2) is 30.3 Å². The van der Waals surface area contributed by atoms with Crippen LogP contribution in [0.3, 0.4) is 0 Å². The predicted octanol–water partition coefficient (Wildman–Crippen LogP) is 3.30. The molecule has 1 fully saturated rings. The number of hydrogen-bond acceptors (Lipinski definition) is 3. The number of pyridine rings is 1. The maximum absolute atomic E-state index is 9.28. The number of hydrogen-bond donors (Lipinski definition) is 1. The van der Waals surface area contributed by atoms with E-state index in [1.165, 1.54) is 25.7 Å². The molecular weight excluding hydrogens is 238 g/mol. The Morgan fingerprint density at radius 3 is 2.79 bits per heavy atom. The molecule has 2 aromatic rings. The third kappa shape index (κ3) is 2.71. The number of benzene rings is 1. The van der Waals surface area contributed by atoms with E-state index in [9.17, 15) is 5.11 Å². The van der Waals surface area contributed by atoms with Crippen molar-refractivity contribution in [2.75, 3.05) is 6.61 Å². The standard InChI is InChI=1S/C16H19NO2/c18-10-14-9-13-7-3-4-8-15(13)16(17-14)19-11-12-5-1-2-6-12/h3-4,7-9,12,18H,1-2,5-6,10-11H2. The third-order valence-electron chi connectivity index (χ3n) is 3.85. The molecule has 0 saturated heterocycles. The second kappa shape index (κ2) is 5.57. The van der Waals surface area contributed by atoms with E-state index < -0.39 is 0 Å². The highest BCUT2D eigenvalue weighted by atomic mass is 16.5. The normalized spacial score (nSPS) is 16.1. The van der Waals surface area contributed by atoms with Crippen molar-refractivity contribution in [3.05, 3.63) is 36.0 Å². The van der Waals surface area contributed by atoms with Crippen LogP contribution in [0, 0.1) is 5.92 Å². The molecular formula is C16H19NO2. The van der Waals surface area contributed by atoms with Crippen molar-refractivity contribution >= 4 is 10.8 Å². The molecule has 0 bridgehead atoms. The van der Waals surface area contributed by atoms with Gasteiger partial charge in [0.25, 0.3) is 0 Å². The second-order valence-electron chi connectivity index (χ2n) is 5.26. The van der Waals surface area contributed by atoms with Crippen molar-refractivity contribution in [2.24, 2.45) is 5.92 Å². The quantitative estimate of drug-likeness (QED) is 0.913. The highest BCUT2D eigenvalue weighted by Crippen LogP contribution is 2.28. The molecule has 1 saturated carbocycles. The summed E-state index contributed by atoms with van der Waals surface area (Å²) in [6.07, 6.45) is 5.16. The first-order chi connectivity index (χ1) is 9.36. The Morgan fingerprint density at radius 1 is 1.21 bits per heavy atom. The van der Waals surface area contributed by atoms with Crippen LogP contribution >= 0.6 is 0 Å². The minimum absolute atomic E-state index is 0.0510. The molecule has 1 aromatic heterocycles. The van der Waals surface area contributed by atoms with Gasteiger partial charge in [-0.05, 0) is 36.3 Å². The summed E-state index contributed by atoms with van der Waals surface area (Å²) in [7, 11) is 0. The van der Waals surface area contributed by atoms with E-state index in [1.54, 1.807) is 0 Å². The summed E-state index contributed by atoms with van der Waals surface area (Å²) in [4.78, 5) is 4.41.